The van der Waals surface area contributed by atoms with Gasteiger partial charge in [0.15, 0.2) is 0 Å². The lowest BCUT2D eigenvalue weighted by Gasteiger charge is -2.32. The van der Waals surface area contributed by atoms with Gasteiger partial charge in [0.2, 0.25) is 0 Å². The predicted octanol–water partition coefficient (Wildman–Crippen LogP) is 7.99. The number of hydrogen-bond donors (Lipinski definition) is 0. The number of furan rings is 1. The molecule has 0 amide bonds. The summed E-state index contributed by atoms with van der Waals surface area (Å²) in [6.45, 7) is 0.892. The molecule has 1 spiro atoms. The van der Waals surface area contributed by atoms with Crippen LogP contribution in [-0.4, -0.2) is 19.0 Å². The fourth-order valence-electron chi connectivity index (χ4n) is 7.02. The third-order valence-corrected chi connectivity index (χ3v) is 8.18. The minimum Gasteiger partial charge on any atom is -0.455 e. The molecule has 1 aromatic heterocycles. The Morgan fingerprint density at radius 2 is 1.31 bits per heavy atom. The van der Waals surface area contributed by atoms with Gasteiger partial charge < -0.3 is 9.32 Å². The van der Waals surface area contributed by atoms with Gasteiger partial charge in [-0.25, -0.2) is 0 Å². The summed E-state index contributed by atoms with van der Waals surface area (Å²) in [5.41, 5.74) is 13.6. The van der Waals surface area contributed by atoms with Gasteiger partial charge in [0.1, 0.15) is 11.2 Å². The van der Waals surface area contributed by atoms with Crippen LogP contribution in [0.25, 0.3) is 44.2 Å². The van der Waals surface area contributed by atoms with Crippen LogP contribution < -0.4 is 0 Å². The van der Waals surface area contributed by atoms with Gasteiger partial charge in [0.25, 0.3) is 0 Å². The minimum atomic E-state index is -0.363. The Labute approximate surface area is 210 Å². The van der Waals surface area contributed by atoms with Crippen LogP contribution in [0.1, 0.15) is 27.8 Å². The van der Waals surface area contributed by atoms with Gasteiger partial charge in [-0.3, -0.25) is 0 Å². The molecule has 0 saturated carbocycles. The lowest BCUT2D eigenvalue weighted by Crippen LogP contribution is -2.28. The molecule has 2 aliphatic carbocycles. The number of fused-ring (bicyclic) bond motifs is 14. The van der Waals surface area contributed by atoms with Crippen molar-refractivity contribution in [3.63, 3.8) is 0 Å². The Balaban J connectivity index is 1.59. The summed E-state index contributed by atoms with van der Waals surface area (Å²) in [6.07, 6.45) is 0. The summed E-state index contributed by atoms with van der Waals surface area (Å²) in [4.78, 5) is 2.27. The van der Waals surface area contributed by atoms with Gasteiger partial charge in [-0.2, -0.15) is 0 Å². The molecule has 0 radical (unpaired) electrons. The van der Waals surface area contributed by atoms with E-state index in [1.807, 2.05) is 0 Å². The quantitative estimate of drug-likeness (QED) is 0.258. The second-order valence-electron chi connectivity index (χ2n) is 10.4. The van der Waals surface area contributed by atoms with Crippen LogP contribution in [0.5, 0.6) is 0 Å². The van der Waals surface area contributed by atoms with Crippen molar-refractivity contribution in [2.45, 2.75) is 12.0 Å². The molecular formula is C34H25NO. The van der Waals surface area contributed by atoms with E-state index >= 15 is 0 Å². The van der Waals surface area contributed by atoms with Crippen LogP contribution in [0.2, 0.25) is 0 Å². The molecule has 2 nitrogen and oxygen atoms in total. The zero-order valence-electron chi connectivity index (χ0n) is 20.4. The molecule has 0 N–H and O–H groups in total. The minimum absolute atomic E-state index is 0.363. The Bertz CT molecular complexity index is 1860. The van der Waals surface area contributed by atoms with Crippen LogP contribution in [-0.2, 0) is 12.0 Å². The molecule has 2 aliphatic rings. The Morgan fingerprint density at radius 1 is 0.611 bits per heavy atom. The van der Waals surface area contributed by atoms with Gasteiger partial charge in [-0.05, 0) is 64.7 Å². The van der Waals surface area contributed by atoms with Crippen molar-refractivity contribution in [3.8, 4) is 22.3 Å². The normalized spacial score (nSPS) is 17.1. The first-order valence-electron chi connectivity index (χ1n) is 12.6. The molecule has 36 heavy (non-hydrogen) atoms. The van der Waals surface area contributed by atoms with E-state index in [1.165, 1.54) is 60.8 Å². The first-order chi connectivity index (χ1) is 17.7. The van der Waals surface area contributed by atoms with E-state index in [0.717, 1.165) is 17.7 Å². The molecule has 6 aromatic rings. The van der Waals surface area contributed by atoms with Gasteiger partial charge in [0, 0.05) is 22.9 Å². The molecule has 1 atom stereocenters. The van der Waals surface area contributed by atoms with E-state index in [1.54, 1.807) is 0 Å². The summed E-state index contributed by atoms with van der Waals surface area (Å²) in [5, 5.41) is 2.36. The van der Waals surface area contributed by atoms with E-state index in [0.29, 0.717) is 0 Å². The van der Waals surface area contributed by atoms with Gasteiger partial charge in [0.05, 0.1) is 5.41 Å². The molecule has 8 rings (SSSR count). The van der Waals surface area contributed by atoms with Crippen LogP contribution >= 0.6 is 0 Å². The van der Waals surface area contributed by atoms with E-state index in [4.69, 9.17) is 4.42 Å². The summed E-state index contributed by atoms with van der Waals surface area (Å²) in [5.74, 6) is 0. The van der Waals surface area contributed by atoms with E-state index in [-0.39, 0.29) is 5.41 Å². The van der Waals surface area contributed by atoms with Gasteiger partial charge >= 0.3 is 0 Å². The largest absolute Gasteiger partial charge is 0.455 e. The van der Waals surface area contributed by atoms with Crippen molar-refractivity contribution in [1.29, 1.82) is 0 Å². The summed E-state index contributed by atoms with van der Waals surface area (Å²) in [6, 6.07) is 37.9. The van der Waals surface area contributed by atoms with E-state index in [9.17, 15) is 0 Å². The average molecular weight is 464 g/mol. The molecule has 1 unspecified atom stereocenters. The second kappa shape index (κ2) is 6.96. The average Bonchev–Trinajstić information content (AvgIpc) is 3.52. The first-order valence-corrected chi connectivity index (χ1v) is 12.6. The van der Waals surface area contributed by atoms with Crippen molar-refractivity contribution < 1.29 is 4.42 Å². The summed E-state index contributed by atoms with van der Waals surface area (Å²) in [7, 11) is 4.31. The van der Waals surface area contributed by atoms with Crippen LogP contribution in [0, 0.1) is 0 Å². The smallest absolute Gasteiger partial charge is 0.143 e. The van der Waals surface area contributed by atoms with Crippen molar-refractivity contribution >= 4 is 21.9 Å². The lowest BCUT2D eigenvalue weighted by molar-refractivity contribution is 0.400. The molecule has 0 saturated heterocycles. The van der Waals surface area contributed by atoms with E-state index in [2.05, 4.69) is 122 Å². The number of rotatable bonds is 2. The van der Waals surface area contributed by atoms with Gasteiger partial charge in [-0.1, -0.05) is 97.1 Å². The zero-order chi connectivity index (χ0) is 24.0. The molecule has 2 heteroatoms. The Morgan fingerprint density at radius 3 is 2.14 bits per heavy atom. The fourth-order valence-corrected chi connectivity index (χ4v) is 7.02. The number of para-hydroxylation sites is 1. The molecule has 172 valence electrons. The van der Waals surface area contributed by atoms with Crippen molar-refractivity contribution in [1.82, 2.24) is 4.90 Å². The molecular weight excluding hydrogens is 438 g/mol. The highest BCUT2D eigenvalue weighted by Crippen LogP contribution is 2.64. The molecule has 1 heterocycles. The van der Waals surface area contributed by atoms with E-state index < -0.39 is 0 Å². The number of benzene rings is 5. The SMILES string of the molecule is CN(C)Cc1cccc2c1C1(c3ccccc3-2)c2ccccc2-c2c1ccc1c2oc2ccccc21. The van der Waals surface area contributed by atoms with Crippen molar-refractivity contribution in [2.24, 2.45) is 0 Å². The monoisotopic (exact) mass is 463 g/mol. The van der Waals surface area contributed by atoms with Crippen molar-refractivity contribution in [3.05, 3.63) is 131 Å². The van der Waals surface area contributed by atoms with Crippen molar-refractivity contribution in [2.75, 3.05) is 14.1 Å². The van der Waals surface area contributed by atoms with Crippen LogP contribution in [0.4, 0.5) is 0 Å². The molecule has 0 aliphatic heterocycles. The van der Waals surface area contributed by atoms with Gasteiger partial charge in [-0.15, -0.1) is 0 Å². The highest BCUT2D eigenvalue weighted by molar-refractivity contribution is 6.13. The number of nitrogens with zero attached hydrogens (tertiary/aromatic N) is 1. The highest BCUT2D eigenvalue weighted by Gasteiger charge is 2.53. The highest BCUT2D eigenvalue weighted by atomic mass is 16.3. The number of hydrogen-bond acceptors (Lipinski definition) is 2. The Hall–Kier alpha value is -4.14. The predicted molar refractivity (Wildman–Crippen MR) is 147 cm³/mol. The van der Waals surface area contributed by atoms with Crippen LogP contribution in [0.15, 0.2) is 108 Å². The second-order valence-corrected chi connectivity index (χ2v) is 10.4. The maximum absolute atomic E-state index is 6.62. The topological polar surface area (TPSA) is 16.4 Å². The summed E-state index contributed by atoms with van der Waals surface area (Å²) < 4.78 is 6.62. The van der Waals surface area contributed by atoms with Crippen LogP contribution in [0.3, 0.4) is 0 Å². The molecule has 0 fully saturated rings. The standard InChI is InChI=1S/C34H25NO/c1-35(2)20-21-10-9-14-24-22-11-3-6-15-27(22)34(32(21)24)28-16-7-4-13-26(28)31-29(34)19-18-25-23-12-5-8-17-30(23)36-33(25)31/h3-19H,20H2,1-2H3. The molecule has 5 aromatic carbocycles. The maximum Gasteiger partial charge on any atom is 0.143 e. The first kappa shape index (κ1) is 20.1. The Kier molecular flexibility index (Phi) is 3.89. The lowest BCUT2D eigenvalue weighted by atomic mass is 9.69. The molecule has 0 bridgehead atoms. The summed E-state index contributed by atoms with van der Waals surface area (Å²) >= 11 is 0. The third kappa shape index (κ3) is 2.31. The fraction of sp³-hybridized carbons (Fsp3) is 0.118. The zero-order valence-corrected chi connectivity index (χ0v) is 20.4. The maximum atomic E-state index is 6.62. The third-order valence-electron chi connectivity index (χ3n) is 8.18.